The van der Waals surface area contributed by atoms with Gasteiger partial charge in [0.25, 0.3) is 0 Å². The molecule has 4 heteroatoms. The van der Waals surface area contributed by atoms with Gasteiger partial charge in [0.15, 0.2) is 0 Å². The number of aromatic nitrogens is 2. The average molecular weight is 236 g/mol. The minimum atomic E-state index is 0.174. The van der Waals surface area contributed by atoms with E-state index in [0.29, 0.717) is 5.92 Å². The smallest absolute Gasteiger partial charge is 0.144 e. The zero-order chi connectivity index (χ0) is 12.8. The second-order valence-corrected chi connectivity index (χ2v) is 4.55. The fourth-order valence-corrected chi connectivity index (χ4v) is 1.91. The molecule has 0 spiro atoms. The second kappa shape index (κ2) is 6.55. The van der Waals surface area contributed by atoms with Crippen LogP contribution in [0.4, 0.5) is 5.82 Å². The summed E-state index contributed by atoms with van der Waals surface area (Å²) in [5, 5.41) is 3.26. The van der Waals surface area contributed by atoms with E-state index in [4.69, 9.17) is 5.73 Å². The lowest BCUT2D eigenvalue weighted by Crippen LogP contribution is -2.36. The minimum absolute atomic E-state index is 0.174. The summed E-state index contributed by atoms with van der Waals surface area (Å²) >= 11 is 0. The van der Waals surface area contributed by atoms with Crippen LogP contribution >= 0.6 is 0 Å². The van der Waals surface area contributed by atoms with Gasteiger partial charge in [-0.3, -0.25) is 4.98 Å². The van der Waals surface area contributed by atoms with Crippen LogP contribution in [0.3, 0.4) is 0 Å². The van der Waals surface area contributed by atoms with Gasteiger partial charge in [-0.2, -0.15) is 0 Å². The number of nitrogens with two attached hydrogens (primary N) is 1. The molecule has 1 heterocycles. The number of nitrogens with zero attached hydrogens (tertiary/aromatic N) is 2. The van der Waals surface area contributed by atoms with Crippen molar-refractivity contribution >= 4 is 5.82 Å². The van der Waals surface area contributed by atoms with Crippen molar-refractivity contribution in [1.82, 2.24) is 9.97 Å². The molecule has 0 aromatic carbocycles. The van der Waals surface area contributed by atoms with Crippen molar-refractivity contribution in [2.45, 2.75) is 46.6 Å². The summed E-state index contributed by atoms with van der Waals surface area (Å²) in [7, 11) is 0. The van der Waals surface area contributed by atoms with Crippen LogP contribution in [0.5, 0.6) is 0 Å². The van der Waals surface area contributed by atoms with Crippen LogP contribution in [0.15, 0.2) is 6.20 Å². The highest BCUT2D eigenvalue weighted by atomic mass is 15.0. The minimum Gasteiger partial charge on any atom is -0.367 e. The molecule has 1 unspecified atom stereocenters. The first-order chi connectivity index (χ1) is 8.08. The van der Waals surface area contributed by atoms with Gasteiger partial charge in [0.05, 0.1) is 17.6 Å². The van der Waals surface area contributed by atoms with Crippen LogP contribution in [0.2, 0.25) is 0 Å². The van der Waals surface area contributed by atoms with E-state index in [9.17, 15) is 0 Å². The first-order valence-corrected chi connectivity index (χ1v) is 6.38. The van der Waals surface area contributed by atoms with Gasteiger partial charge in [0.2, 0.25) is 0 Å². The number of hydrogen-bond donors (Lipinski definition) is 2. The first kappa shape index (κ1) is 13.9. The zero-order valence-corrected chi connectivity index (χ0v) is 11.3. The van der Waals surface area contributed by atoms with Crippen molar-refractivity contribution < 1.29 is 0 Å². The molecule has 0 aliphatic heterocycles. The van der Waals surface area contributed by atoms with Gasteiger partial charge in [-0.1, -0.05) is 26.7 Å². The standard InChI is InChI=1S/C13H24N4/c1-5-11(6-2)12(14)7-16-13-8-15-9(3)10(4)17-13/h8,11-12H,5-7,14H2,1-4H3,(H,16,17). The van der Waals surface area contributed by atoms with E-state index >= 15 is 0 Å². The molecule has 4 nitrogen and oxygen atoms in total. The third-order valence-electron chi connectivity index (χ3n) is 3.37. The summed E-state index contributed by atoms with van der Waals surface area (Å²) in [5.74, 6) is 1.39. The molecule has 0 fully saturated rings. The van der Waals surface area contributed by atoms with Crippen molar-refractivity contribution in [3.05, 3.63) is 17.6 Å². The fourth-order valence-electron chi connectivity index (χ4n) is 1.91. The molecule has 0 saturated heterocycles. The Balaban J connectivity index is 2.52. The lowest BCUT2D eigenvalue weighted by Gasteiger charge is -2.21. The highest BCUT2D eigenvalue weighted by Crippen LogP contribution is 2.12. The molecule has 1 aromatic heterocycles. The topological polar surface area (TPSA) is 63.8 Å². The second-order valence-electron chi connectivity index (χ2n) is 4.55. The van der Waals surface area contributed by atoms with Gasteiger partial charge in [-0.05, 0) is 19.8 Å². The fraction of sp³-hybridized carbons (Fsp3) is 0.692. The third-order valence-corrected chi connectivity index (χ3v) is 3.37. The average Bonchev–Trinajstić information content (AvgIpc) is 2.32. The molecule has 17 heavy (non-hydrogen) atoms. The molecule has 0 bridgehead atoms. The molecule has 96 valence electrons. The number of hydrogen-bond acceptors (Lipinski definition) is 4. The third kappa shape index (κ3) is 3.97. The van der Waals surface area contributed by atoms with Crippen molar-refractivity contribution in [1.29, 1.82) is 0 Å². The normalized spacial score (nSPS) is 12.8. The summed E-state index contributed by atoms with van der Waals surface area (Å²) in [6.07, 6.45) is 4.01. The predicted octanol–water partition coefficient (Wildman–Crippen LogP) is 2.27. The van der Waals surface area contributed by atoms with E-state index in [0.717, 1.165) is 36.6 Å². The molecule has 0 aliphatic rings. The van der Waals surface area contributed by atoms with Crippen molar-refractivity contribution in [2.75, 3.05) is 11.9 Å². The van der Waals surface area contributed by atoms with E-state index < -0.39 is 0 Å². The zero-order valence-electron chi connectivity index (χ0n) is 11.3. The molecule has 0 radical (unpaired) electrons. The van der Waals surface area contributed by atoms with Crippen LogP contribution in [0, 0.1) is 19.8 Å². The molecular weight excluding hydrogens is 212 g/mol. The molecule has 1 atom stereocenters. The van der Waals surface area contributed by atoms with Gasteiger partial charge in [-0.25, -0.2) is 4.98 Å². The highest BCUT2D eigenvalue weighted by Gasteiger charge is 2.13. The van der Waals surface area contributed by atoms with E-state index in [1.807, 2.05) is 13.8 Å². The summed E-state index contributed by atoms with van der Waals surface area (Å²) in [6.45, 7) is 9.05. The molecule has 1 aromatic rings. The molecule has 0 saturated carbocycles. The lowest BCUT2D eigenvalue weighted by atomic mass is 9.95. The molecule has 3 N–H and O–H groups in total. The Kier molecular flexibility index (Phi) is 5.35. The van der Waals surface area contributed by atoms with Crippen LogP contribution in [0.25, 0.3) is 0 Å². The van der Waals surface area contributed by atoms with E-state index in [2.05, 4.69) is 29.1 Å². The maximum atomic E-state index is 6.14. The van der Waals surface area contributed by atoms with Crippen molar-refractivity contribution in [3.8, 4) is 0 Å². The van der Waals surface area contributed by atoms with Gasteiger partial charge in [0.1, 0.15) is 5.82 Å². The van der Waals surface area contributed by atoms with Gasteiger partial charge >= 0.3 is 0 Å². The van der Waals surface area contributed by atoms with Crippen molar-refractivity contribution in [3.63, 3.8) is 0 Å². The summed E-state index contributed by atoms with van der Waals surface area (Å²) < 4.78 is 0. The molecular formula is C13H24N4. The Bertz CT molecular complexity index is 347. The molecule has 0 amide bonds. The maximum absolute atomic E-state index is 6.14. The van der Waals surface area contributed by atoms with E-state index in [-0.39, 0.29) is 6.04 Å². The van der Waals surface area contributed by atoms with Crippen LogP contribution in [-0.4, -0.2) is 22.6 Å². The quantitative estimate of drug-likeness (QED) is 0.795. The van der Waals surface area contributed by atoms with E-state index in [1.54, 1.807) is 6.20 Å². The van der Waals surface area contributed by atoms with Crippen molar-refractivity contribution in [2.24, 2.45) is 11.7 Å². The Labute approximate surface area is 104 Å². The Morgan fingerprint density at radius 2 is 1.88 bits per heavy atom. The monoisotopic (exact) mass is 236 g/mol. The molecule has 0 aliphatic carbocycles. The van der Waals surface area contributed by atoms with Crippen LogP contribution < -0.4 is 11.1 Å². The Morgan fingerprint density at radius 1 is 1.24 bits per heavy atom. The highest BCUT2D eigenvalue weighted by molar-refractivity contribution is 5.33. The number of anilines is 1. The summed E-state index contributed by atoms with van der Waals surface area (Å²) in [4.78, 5) is 8.70. The maximum Gasteiger partial charge on any atom is 0.144 e. The Morgan fingerprint density at radius 3 is 2.41 bits per heavy atom. The number of rotatable bonds is 6. The summed E-state index contributed by atoms with van der Waals surface area (Å²) in [6, 6.07) is 0.174. The predicted molar refractivity (Wildman–Crippen MR) is 72.0 cm³/mol. The Hall–Kier alpha value is -1.16. The molecule has 1 rings (SSSR count). The first-order valence-electron chi connectivity index (χ1n) is 6.38. The largest absolute Gasteiger partial charge is 0.367 e. The van der Waals surface area contributed by atoms with E-state index in [1.165, 1.54) is 0 Å². The van der Waals surface area contributed by atoms with Gasteiger partial charge in [0, 0.05) is 12.6 Å². The SMILES string of the molecule is CCC(CC)C(N)CNc1cnc(C)c(C)n1. The van der Waals surface area contributed by atoms with Gasteiger partial charge < -0.3 is 11.1 Å². The number of nitrogens with one attached hydrogen (secondary N) is 1. The van der Waals surface area contributed by atoms with Crippen LogP contribution in [-0.2, 0) is 0 Å². The summed E-state index contributed by atoms with van der Waals surface area (Å²) in [5.41, 5.74) is 8.08. The number of aryl methyl sites for hydroxylation is 2. The lowest BCUT2D eigenvalue weighted by molar-refractivity contribution is 0.407. The van der Waals surface area contributed by atoms with Crippen LogP contribution in [0.1, 0.15) is 38.1 Å². The van der Waals surface area contributed by atoms with Gasteiger partial charge in [-0.15, -0.1) is 0 Å².